The summed E-state index contributed by atoms with van der Waals surface area (Å²) in [6.45, 7) is 0. The molecule has 4 rings (SSSR count). The van der Waals surface area contributed by atoms with Crippen molar-refractivity contribution in [3.8, 4) is 5.75 Å². The van der Waals surface area contributed by atoms with Gasteiger partial charge < -0.3 is 5.11 Å². The van der Waals surface area contributed by atoms with E-state index in [0.29, 0.717) is 29.7 Å². The van der Waals surface area contributed by atoms with E-state index in [1.54, 1.807) is 18.2 Å². The Bertz CT molecular complexity index is 1300. The third-order valence-corrected chi connectivity index (χ3v) is 6.46. The van der Waals surface area contributed by atoms with E-state index in [4.69, 9.17) is 0 Å². The van der Waals surface area contributed by atoms with Crippen molar-refractivity contribution in [2.24, 2.45) is 10.2 Å². The minimum absolute atomic E-state index is 0.0335. The highest BCUT2D eigenvalue weighted by Gasteiger charge is 2.22. The lowest BCUT2D eigenvalue weighted by Gasteiger charge is -2.19. The molecule has 1 aliphatic carbocycles. The number of hydrogen-bond acceptors (Lipinski definition) is 5. The van der Waals surface area contributed by atoms with Crippen LogP contribution in [0.1, 0.15) is 16.7 Å². The molecule has 0 spiro atoms. The van der Waals surface area contributed by atoms with Crippen LogP contribution in [0.2, 0.25) is 0 Å². The third kappa shape index (κ3) is 4.76. The lowest BCUT2D eigenvalue weighted by atomic mass is 9.93. The van der Waals surface area contributed by atoms with Gasteiger partial charge in [0.1, 0.15) is 11.4 Å². The molecule has 32 heavy (non-hydrogen) atoms. The largest absolute Gasteiger partial charge is 0.505 e. The molecule has 1 aliphatic rings. The lowest BCUT2D eigenvalue weighted by Crippen LogP contribution is -2.15. The SMILES string of the molecule is O=C(Cc1ccccc1)N=Nc1cc(NS(=O)(=O)c2ccccc2)c2c(c1O)CC=CC2. The zero-order chi connectivity index (χ0) is 22.6. The Morgan fingerprint density at radius 2 is 1.56 bits per heavy atom. The molecule has 2 N–H and O–H groups in total. The van der Waals surface area contributed by atoms with Crippen molar-refractivity contribution in [3.63, 3.8) is 0 Å². The highest BCUT2D eigenvalue weighted by molar-refractivity contribution is 7.92. The number of carbonyl (C=O) groups is 1. The molecule has 0 aromatic heterocycles. The minimum atomic E-state index is -3.84. The molecule has 3 aromatic rings. The zero-order valence-corrected chi connectivity index (χ0v) is 17.9. The van der Waals surface area contributed by atoms with E-state index in [1.165, 1.54) is 18.2 Å². The summed E-state index contributed by atoms with van der Waals surface area (Å²) >= 11 is 0. The van der Waals surface area contributed by atoms with Gasteiger partial charge in [0.15, 0.2) is 0 Å². The molecule has 0 atom stereocenters. The molecule has 8 heteroatoms. The Balaban J connectivity index is 1.66. The number of phenols is 1. The van der Waals surface area contributed by atoms with Crippen molar-refractivity contribution >= 4 is 27.3 Å². The predicted molar refractivity (Wildman–Crippen MR) is 122 cm³/mol. The summed E-state index contributed by atoms with van der Waals surface area (Å²) in [6, 6.07) is 18.6. The second-order valence-electron chi connectivity index (χ2n) is 7.30. The first-order valence-corrected chi connectivity index (χ1v) is 11.5. The first-order chi connectivity index (χ1) is 15.4. The van der Waals surface area contributed by atoms with Gasteiger partial charge in [-0.05, 0) is 42.2 Å². The van der Waals surface area contributed by atoms with E-state index in [0.717, 1.165) is 5.56 Å². The third-order valence-electron chi connectivity index (χ3n) is 5.07. The second-order valence-corrected chi connectivity index (χ2v) is 8.99. The maximum Gasteiger partial charge on any atom is 0.269 e. The summed E-state index contributed by atoms with van der Waals surface area (Å²) in [7, 11) is -3.84. The van der Waals surface area contributed by atoms with Crippen LogP contribution in [0.5, 0.6) is 5.75 Å². The van der Waals surface area contributed by atoms with Crippen molar-refractivity contribution in [1.29, 1.82) is 0 Å². The Morgan fingerprint density at radius 3 is 2.25 bits per heavy atom. The summed E-state index contributed by atoms with van der Waals surface area (Å²) in [6.07, 6.45) is 4.75. The maximum absolute atomic E-state index is 12.9. The van der Waals surface area contributed by atoms with Gasteiger partial charge in [-0.1, -0.05) is 60.7 Å². The number of allylic oxidation sites excluding steroid dienone is 2. The summed E-state index contributed by atoms with van der Waals surface area (Å²) in [5, 5.41) is 18.4. The molecule has 0 unspecified atom stereocenters. The lowest BCUT2D eigenvalue weighted by molar-refractivity contribution is -0.117. The number of anilines is 1. The number of amides is 1. The molecule has 1 amide bonds. The van der Waals surface area contributed by atoms with Gasteiger partial charge in [-0.25, -0.2) is 8.42 Å². The predicted octanol–water partition coefficient (Wildman–Crippen LogP) is 4.70. The van der Waals surface area contributed by atoms with Gasteiger partial charge in [-0.15, -0.1) is 10.2 Å². The number of nitrogens with zero attached hydrogens (tertiary/aromatic N) is 2. The minimum Gasteiger partial charge on any atom is -0.505 e. The van der Waals surface area contributed by atoms with Crippen LogP contribution >= 0.6 is 0 Å². The molecular weight excluding hydrogens is 426 g/mol. The van der Waals surface area contributed by atoms with Gasteiger partial charge in [-0.2, -0.15) is 0 Å². The fourth-order valence-corrected chi connectivity index (χ4v) is 4.60. The number of nitrogens with one attached hydrogen (secondary N) is 1. The number of phenolic OH excluding ortho intramolecular Hbond substituents is 1. The molecule has 3 aromatic carbocycles. The Morgan fingerprint density at radius 1 is 0.938 bits per heavy atom. The number of benzene rings is 3. The van der Waals surface area contributed by atoms with E-state index in [1.807, 2.05) is 42.5 Å². The first kappa shape index (κ1) is 21.5. The molecule has 0 radical (unpaired) electrons. The smallest absolute Gasteiger partial charge is 0.269 e. The van der Waals surface area contributed by atoms with Gasteiger partial charge in [-0.3, -0.25) is 9.52 Å². The maximum atomic E-state index is 12.9. The number of sulfonamides is 1. The second kappa shape index (κ2) is 9.15. The van der Waals surface area contributed by atoms with Crippen molar-refractivity contribution in [3.05, 3.63) is 95.6 Å². The summed E-state index contributed by atoms with van der Waals surface area (Å²) in [5.74, 6) is -0.581. The fraction of sp³-hybridized carbons (Fsp3) is 0.125. The van der Waals surface area contributed by atoms with Gasteiger partial charge in [0.2, 0.25) is 0 Å². The van der Waals surface area contributed by atoms with Gasteiger partial charge in [0.25, 0.3) is 15.9 Å². The average Bonchev–Trinajstić information content (AvgIpc) is 2.81. The molecule has 0 heterocycles. The number of carbonyl (C=O) groups excluding carboxylic acids is 1. The van der Waals surface area contributed by atoms with Crippen molar-refractivity contribution < 1.29 is 18.3 Å². The van der Waals surface area contributed by atoms with Crippen LogP contribution < -0.4 is 4.72 Å². The molecule has 0 saturated heterocycles. The van der Waals surface area contributed by atoms with Crippen LogP contribution in [0.25, 0.3) is 0 Å². The van der Waals surface area contributed by atoms with Gasteiger partial charge in [0, 0.05) is 5.56 Å². The van der Waals surface area contributed by atoms with E-state index in [2.05, 4.69) is 15.0 Å². The summed E-state index contributed by atoms with van der Waals surface area (Å²) in [5.41, 5.74) is 2.36. The topological polar surface area (TPSA) is 108 Å². The van der Waals surface area contributed by atoms with Crippen LogP contribution in [0.4, 0.5) is 11.4 Å². The molecular formula is C24H21N3O4S. The molecule has 162 valence electrons. The number of azo groups is 1. The molecule has 0 saturated carbocycles. The van der Waals surface area contributed by atoms with Crippen molar-refractivity contribution in [1.82, 2.24) is 0 Å². The Hall–Kier alpha value is -3.78. The number of hydrogen-bond donors (Lipinski definition) is 2. The Labute approximate surface area is 186 Å². The van der Waals surface area contributed by atoms with E-state index >= 15 is 0 Å². The van der Waals surface area contributed by atoms with Crippen LogP contribution in [0.3, 0.4) is 0 Å². The van der Waals surface area contributed by atoms with Crippen LogP contribution in [-0.2, 0) is 34.1 Å². The van der Waals surface area contributed by atoms with Crippen LogP contribution in [-0.4, -0.2) is 19.4 Å². The average molecular weight is 448 g/mol. The molecule has 0 aliphatic heterocycles. The summed E-state index contributed by atoms with van der Waals surface area (Å²) < 4.78 is 28.3. The molecule has 7 nitrogen and oxygen atoms in total. The summed E-state index contributed by atoms with van der Waals surface area (Å²) in [4.78, 5) is 12.3. The molecule has 0 fully saturated rings. The number of rotatable bonds is 6. The van der Waals surface area contributed by atoms with E-state index < -0.39 is 15.9 Å². The van der Waals surface area contributed by atoms with Gasteiger partial charge >= 0.3 is 0 Å². The van der Waals surface area contributed by atoms with E-state index in [9.17, 15) is 18.3 Å². The Kier molecular flexibility index (Phi) is 6.13. The zero-order valence-electron chi connectivity index (χ0n) is 17.1. The highest BCUT2D eigenvalue weighted by atomic mass is 32.2. The first-order valence-electron chi connectivity index (χ1n) is 10.0. The molecule has 0 bridgehead atoms. The van der Waals surface area contributed by atoms with Crippen molar-refractivity contribution in [2.75, 3.05) is 4.72 Å². The van der Waals surface area contributed by atoms with Crippen LogP contribution in [0, 0.1) is 0 Å². The fourth-order valence-electron chi connectivity index (χ4n) is 3.49. The monoisotopic (exact) mass is 447 g/mol. The standard InChI is InChI=1S/C24H21N3O4S/c28-23(15-17-9-3-1-4-10-17)26-25-22-16-21(19-13-7-8-14-20(19)24(22)29)27-32(30,31)18-11-5-2-6-12-18/h1-12,16,27,29H,13-15H2. The van der Waals surface area contributed by atoms with E-state index in [-0.39, 0.29) is 22.8 Å². The number of aromatic hydroxyl groups is 1. The van der Waals surface area contributed by atoms with Crippen molar-refractivity contribution in [2.45, 2.75) is 24.2 Å². The van der Waals surface area contributed by atoms with Gasteiger partial charge in [0.05, 0.1) is 17.0 Å². The number of fused-ring (bicyclic) bond motifs is 1. The highest BCUT2D eigenvalue weighted by Crippen LogP contribution is 2.41. The quantitative estimate of drug-likeness (QED) is 0.324. The normalized spacial score (nSPS) is 13.1. The van der Waals surface area contributed by atoms with Crippen LogP contribution in [0.15, 0.2) is 94.0 Å².